The first-order valence-corrected chi connectivity index (χ1v) is 4.23. The Morgan fingerprint density at radius 3 is 2.53 bits per heavy atom. The first-order valence-electron chi connectivity index (χ1n) is 4.23. The zero-order valence-corrected chi connectivity index (χ0v) is 8.28. The first kappa shape index (κ1) is 13.0. The molecule has 0 unspecified atom stereocenters. The van der Waals surface area contributed by atoms with Gasteiger partial charge in [-0.2, -0.15) is 0 Å². The second kappa shape index (κ2) is 4.45. The molecule has 0 aromatic carbocycles. The Labute approximate surface area is 93.0 Å². The number of nitrogen functional groups attached to an aromatic ring is 1. The number of anilines is 1. The average Bonchev–Trinajstić information content (AvgIpc) is 2.18. The van der Waals surface area contributed by atoms with Gasteiger partial charge >= 0.3 is 12.3 Å². The third-order valence-electron chi connectivity index (χ3n) is 1.71. The smallest absolute Gasteiger partial charge is 0.478 e. The largest absolute Gasteiger partial charge is 0.573 e. The number of nitrogens with two attached hydrogens (primary N) is 2. The third kappa shape index (κ3) is 3.21. The molecule has 1 heterocycles. The van der Waals surface area contributed by atoms with Gasteiger partial charge in [0.2, 0.25) is 0 Å². The van der Waals surface area contributed by atoms with Crippen molar-refractivity contribution < 1.29 is 27.8 Å². The van der Waals surface area contributed by atoms with E-state index >= 15 is 0 Å². The van der Waals surface area contributed by atoms with Crippen LogP contribution in [0.25, 0.3) is 0 Å². The number of hydrogen-bond acceptors (Lipinski definition) is 5. The van der Waals surface area contributed by atoms with Gasteiger partial charge in [-0.15, -0.1) is 13.2 Å². The molecule has 94 valence electrons. The molecule has 0 atom stereocenters. The van der Waals surface area contributed by atoms with Crippen LogP contribution in [0.4, 0.5) is 19.0 Å². The van der Waals surface area contributed by atoms with Crippen molar-refractivity contribution in [2.75, 3.05) is 5.73 Å². The highest BCUT2D eigenvalue weighted by atomic mass is 19.4. The summed E-state index contributed by atoms with van der Waals surface area (Å²) in [5, 5.41) is 8.74. The summed E-state index contributed by atoms with van der Waals surface area (Å²) < 4.78 is 39.6. The molecule has 0 spiro atoms. The van der Waals surface area contributed by atoms with E-state index < -0.39 is 29.5 Å². The maximum Gasteiger partial charge on any atom is 0.573 e. The number of rotatable bonds is 3. The molecule has 0 radical (unpaired) electrons. The summed E-state index contributed by atoms with van der Waals surface area (Å²) in [6.45, 7) is -0.156. The number of nitrogens with zero attached hydrogens (tertiary/aromatic N) is 1. The Kier molecular flexibility index (Phi) is 3.42. The molecule has 6 nitrogen and oxygen atoms in total. The Hall–Kier alpha value is -2.03. The normalized spacial score (nSPS) is 11.3. The van der Waals surface area contributed by atoms with Crippen LogP contribution < -0.4 is 16.2 Å². The fraction of sp³-hybridized carbons (Fsp3) is 0.250. The summed E-state index contributed by atoms with van der Waals surface area (Å²) in [5.41, 5.74) is 9.69. The summed E-state index contributed by atoms with van der Waals surface area (Å²) in [6.07, 6.45) is -5.05. The minimum atomic E-state index is -5.05. The molecule has 0 amide bonds. The second-order valence-corrected chi connectivity index (χ2v) is 2.93. The van der Waals surface area contributed by atoms with Gasteiger partial charge in [0, 0.05) is 6.54 Å². The fourth-order valence-electron chi connectivity index (χ4n) is 1.09. The molecule has 0 bridgehead atoms. The lowest BCUT2D eigenvalue weighted by molar-refractivity contribution is -0.274. The number of aromatic nitrogens is 1. The van der Waals surface area contributed by atoms with Crippen molar-refractivity contribution in [1.82, 2.24) is 4.98 Å². The number of ether oxygens (including phenoxy) is 1. The highest BCUT2D eigenvalue weighted by molar-refractivity contribution is 5.92. The van der Waals surface area contributed by atoms with E-state index in [0.717, 1.165) is 6.07 Å². The van der Waals surface area contributed by atoms with Crippen molar-refractivity contribution in [1.29, 1.82) is 0 Å². The van der Waals surface area contributed by atoms with Gasteiger partial charge in [0.15, 0.2) is 11.6 Å². The number of alkyl halides is 3. The van der Waals surface area contributed by atoms with Crippen molar-refractivity contribution in [2.24, 2.45) is 5.73 Å². The number of carbonyl (C=O) groups is 1. The predicted octanol–water partition coefficient (Wildman–Crippen LogP) is 0.719. The molecule has 1 aromatic rings. The average molecular weight is 251 g/mol. The van der Waals surface area contributed by atoms with Gasteiger partial charge in [-0.25, -0.2) is 9.78 Å². The van der Waals surface area contributed by atoms with Gasteiger partial charge in [-0.1, -0.05) is 0 Å². The number of halogens is 3. The van der Waals surface area contributed by atoms with E-state index in [9.17, 15) is 18.0 Å². The second-order valence-electron chi connectivity index (χ2n) is 2.93. The van der Waals surface area contributed by atoms with Gasteiger partial charge in [0.25, 0.3) is 0 Å². The Balaban J connectivity index is 3.32. The monoisotopic (exact) mass is 251 g/mol. The molecular formula is C8H8F3N3O3. The molecule has 5 N–H and O–H groups in total. The van der Waals surface area contributed by atoms with E-state index in [2.05, 4.69) is 9.72 Å². The number of hydrogen-bond donors (Lipinski definition) is 3. The standard InChI is InChI=1S/C8H8F3N3O3/c9-8(10,11)17-5-4(7(15)16)1-3(2-12)14-6(5)13/h1H,2,12H2,(H2,13,14)(H,15,16). The maximum absolute atomic E-state index is 12.0. The SMILES string of the molecule is NCc1cc(C(=O)O)c(OC(F)(F)F)c(N)n1. The molecule has 9 heteroatoms. The van der Waals surface area contributed by atoms with Crippen molar-refractivity contribution in [3.8, 4) is 5.75 Å². The minimum absolute atomic E-state index is 0.0504. The fourth-order valence-corrected chi connectivity index (χ4v) is 1.09. The lowest BCUT2D eigenvalue weighted by atomic mass is 10.2. The van der Waals surface area contributed by atoms with Crippen LogP contribution in [-0.4, -0.2) is 22.4 Å². The maximum atomic E-state index is 12.0. The number of carboxylic acids is 1. The van der Waals surface area contributed by atoms with Crippen LogP contribution in [0.5, 0.6) is 5.75 Å². The van der Waals surface area contributed by atoms with Crippen molar-refractivity contribution in [3.63, 3.8) is 0 Å². The summed E-state index contributed by atoms with van der Waals surface area (Å²) in [4.78, 5) is 14.2. The molecule has 1 aromatic heterocycles. The number of carboxylic acid groups (broad SMARTS) is 1. The van der Waals surface area contributed by atoms with Crippen LogP contribution in [-0.2, 0) is 6.54 Å². The van der Waals surface area contributed by atoms with E-state index in [4.69, 9.17) is 16.6 Å². The molecule has 1 rings (SSSR count). The van der Waals surface area contributed by atoms with Crippen LogP contribution in [0.1, 0.15) is 16.1 Å². The molecule has 17 heavy (non-hydrogen) atoms. The zero-order valence-electron chi connectivity index (χ0n) is 8.28. The van der Waals surface area contributed by atoms with Crippen LogP contribution in [0.2, 0.25) is 0 Å². The van der Waals surface area contributed by atoms with E-state index in [-0.39, 0.29) is 12.2 Å². The van der Waals surface area contributed by atoms with Crippen LogP contribution in [0.15, 0.2) is 6.07 Å². The molecular weight excluding hydrogens is 243 g/mol. The summed E-state index contributed by atoms with van der Waals surface area (Å²) >= 11 is 0. The van der Waals surface area contributed by atoms with Gasteiger partial charge < -0.3 is 21.3 Å². The summed E-state index contributed by atoms with van der Waals surface area (Å²) in [5.74, 6) is -3.34. The molecule has 0 saturated carbocycles. The molecule has 0 fully saturated rings. The molecule has 0 aliphatic rings. The topological polar surface area (TPSA) is 111 Å². The molecule has 0 aliphatic carbocycles. The molecule has 0 aliphatic heterocycles. The Morgan fingerprint density at radius 1 is 1.53 bits per heavy atom. The summed E-state index contributed by atoms with van der Waals surface area (Å²) in [6, 6.07) is 0.875. The highest BCUT2D eigenvalue weighted by Crippen LogP contribution is 2.31. The lowest BCUT2D eigenvalue weighted by Crippen LogP contribution is -2.21. The van der Waals surface area contributed by atoms with Crippen LogP contribution in [0, 0.1) is 0 Å². The number of pyridine rings is 1. The predicted molar refractivity (Wildman–Crippen MR) is 50.2 cm³/mol. The highest BCUT2D eigenvalue weighted by Gasteiger charge is 2.34. The van der Waals surface area contributed by atoms with Crippen molar-refractivity contribution >= 4 is 11.8 Å². The number of aromatic carboxylic acids is 1. The minimum Gasteiger partial charge on any atom is -0.478 e. The van der Waals surface area contributed by atoms with Crippen LogP contribution >= 0.6 is 0 Å². The molecule has 0 saturated heterocycles. The Morgan fingerprint density at radius 2 is 2.12 bits per heavy atom. The first-order chi connectivity index (χ1) is 7.74. The zero-order chi connectivity index (χ0) is 13.2. The van der Waals surface area contributed by atoms with Crippen molar-refractivity contribution in [2.45, 2.75) is 12.9 Å². The van der Waals surface area contributed by atoms with Crippen LogP contribution in [0.3, 0.4) is 0 Å². The van der Waals surface area contributed by atoms with E-state index in [1.165, 1.54) is 0 Å². The third-order valence-corrected chi connectivity index (χ3v) is 1.71. The van der Waals surface area contributed by atoms with Gasteiger partial charge in [-0.3, -0.25) is 0 Å². The quantitative estimate of drug-likeness (QED) is 0.729. The van der Waals surface area contributed by atoms with Crippen molar-refractivity contribution in [3.05, 3.63) is 17.3 Å². The van der Waals surface area contributed by atoms with E-state index in [1.807, 2.05) is 0 Å². The van der Waals surface area contributed by atoms with E-state index in [1.54, 1.807) is 0 Å². The van der Waals surface area contributed by atoms with Gasteiger partial charge in [-0.05, 0) is 6.07 Å². The van der Waals surface area contributed by atoms with Gasteiger partial charge in [0.05, 0.1) is 5.69 Å². The summed E-state index contributed by atoms with van der Waals surface area (Å²) in [7, 11) is 0. The lowest BCUT2D eigenvalue weighted by Gasteiger charge is -2.13. The van der Waals surface area contributed by atoms with E-state index in [0.29, 0.717) is 0 Å². The van der Waals surface area contributed by atoms with Gasteiger partial charge in [0.1, 0.15) is 5.56 Å². The Bertz CT molecular complexity index is 448.